The van der Waals surface area contributed by atoms with Crippen molar-refractivity contribution in [3.8, 4) is 0 Å². The lowest BCUT2D eigenvalue weighted by atomic mass is 10.2. The second-order valence-corrected chi connectivity index (χ2v) is 5.54. The molecule has 16 heavy (non-hydrogen) atoms. The van der Waals surface area contributed by atoms with Crippen LogP contribution < -0.4 is 0 Å². The molecule has 0 aliphatic heterocycles. The molecule has 1 amide bonds. The van der Waals surface area contributed by atoms with Gasteiger partial charge in [-0.1, -0.05) is 6.92 Å². The van der Waals surface area contributed by atoms with Gasteiger partial charge >= 0.3 is 0 Å². The van der Waals surface area contributed by atoms with Crippen LogP contribution in [0.5, 0.6) is 0 Å². The first-order chi connectivity index (χ1) is 7.72. The Morgan fingerprint density at radius 3 is 2.81 bits per heavy atom. The summed E-state index contributed by atoms with van der Waals surface area (Å²) in [7, 11) is 0. The molecule has 88 valence electrons. The molecular weight excluding hydrogens is 218 g/mol. The predicted molar refractivity (Wildman–Crippen MR) is 68.0 cm³/mol. The highest BCUT2D eigenvalue weighted by Crippen LogP contribution is 2.30. The molecule has 1 aliphatic carbocycles. The molecule has 0 N–H and O–H groups in total. The molecule has 0 saturated heterocycles. The van der Waals surface area contributed by atoms with Crippen molar-refractivity contribution < 1.29 is 4.79 Å². The van der Waals surface area contributed by atoms with E-state index in [1.165, 1.54) is 12.8 Å². The highest BCUT2D eigenvalue weighted by molar-refractivity contribution is 7.12. The molecule has 0 radical (unpaired) electrons. The lowest BCUT2D eigenvalue weighted by molar-refractivity contribution is 0.0752. The monoisotopic (exact) mass is 237 g/mol. The van der Waals surface area contributed by atoms with Gasteiger partial charge in [-0.3, -0.25) is 4.79 Å². The van der Waals surface area contributed by atoms with Gasteiger partial charge in [0.1, 0.15) is 0 Å². The average molecular weight is 237 g/mol. The van der Waals surface area contributed by atoms with Crippen LogP contribution in [0.3, 0.4) is 0 Å². The first-order valence-electron chi connectivity index (χ1n) is 6.05. The Balaban J connectivity index is 2.06. The Labute approximate surface area is 101 Å². The molecule has 3 heteroatoms. The fourth-order valence-corrected chi connectivity index (χ4v) is 2.79. The maximum Gasteiger partial charge on any atom is 0.264 e. The van der Waals surface area contributed by atoms with Gasteiger partial charge in [0, 0.05) is 13.1 Å². The molecule has 1 saturated carbocycles. The van der Waals surface area contributed by atoms with Crippen molar-refractivity contribution in [3.63, 3.8) is 0 Å². The Morgan fingerprint density at radius 1 is 1.56 bits per heavy atom. The van der Waals surface area contributed by atoms with Gasteiger partial charge in [0.2, 0.25) is 0 Å². The zero-order valence-electron chi connectivity index (χ0n) is 10.0. The van der Waals surface area contributed by atoms with Gasteiger partial charge in [0.25, 0.3) is 5.91 Å². The maximum atomic E-state index is 12.3. The Bertz CT molecular complexity index is 368. The largest absolute Gasteiger partial charge is 0.338 e. The SMILES string of the molecule is CCCN(CC1CC1)C(=O)c1sccc1C. The summed E-state index contributed by atoms with van der Waals surface area (Å²) in [5.41, 5.74) is 1.12. The molecule has 1 aromatic heterocycles. The summed E-state index contributed by atoms with van der Waals surface area (Å²) < 4.78 is 0. The first kappa shape index (κ1) is 11.6. The van der Waals surface area contributed by atoms with Crippen LogP contribution in [0.15, 0.2) is 11.4 Å². The minimum atomic E-state index is 0.237. The van der Waals surface area contributed by atoms with E-state index in [2.05, 4.69) is 6.92 Å². The number of thiophene rings is 1. The molecule has 0 atom stereocenters. The van der Waals surface area contributed by atoms with Crippen molar-refractivity contribution in [2.24, 2.45) is 5.92 Å². The van der Waals surface area contributed by atoms with Crippen molar-refractivity contribution in [3.05, 3.63) is 21.9 Å². The summed E-state index contributed by atoms with van der Waals surface area (Å²) in [6, 6.07) is 2.03. The van der Waals surface area contributed by atoms with Crippen LogP contribution in [-0.2, 0) is 0 Å². The predicted octanol–water partition coefficient (Wildman–Crippen LogP) is 3.32. The molecule has 0 spiro atoms. The molecule has 0 bridgehead atoms. The van der Waals surface area contributed by atoms with E-state index in [9.17, 15) is 4.79 Å². The summed E-state index contributed by atoms with van der Waals surface area (Å²) in [5, 5.41) is 2.00. The molecule has 1 aromatic rings. The number of rotatable bonds is 5. The summed E-state index contributed by atoms with van der Waals surface area (Å²) in [4.78, 5) is 15.3. The Kier molecular flexibility index (Phi) is 3.64. The van der Waals surface area contributed by atoms with Crippen LogP contribution in [-0.4, -0.2) is 23.9 Å². The van der Waals surface area contributed by atoms with Crippen LogP contribution in [0.1, 0.15) is 41.4 Å². The number of hydrogen-bond acceptors (Lipinski definition) is 2. The zero-order chi connectivity index (χ0) is 11.5. The third kappa shape index (κ3) is 2.64. The fraction of sp³-hybridized carbons (Fsp3) is 0.615. The third-order valence-electron chi connectivity index (χ3n) is 3.01. The van der Waals surface area contributed by atoms with Gasteiger partial charge < -0.3 is 4.90 Å². The molecular formula is C13H19NOS. The van der Waals surface area contributed by atoms with Crippen molar-refractivity contribution in [2.45, 2.75) is 33.1 Å². The van der Waals surface area contributed by atoms with E-state index in [0.717, 1.165) is 35.9 Å². The second kappa shape index (κ2) is 5.00. The Hall–Kier alpha value is -0.830. The topological polar surface area (TPSA) is 20.3 Å². The summed E-state index contributed by atoms with van der Waals surface area (Å²) in [6.07, 6.45) is 3.65. The number of amides is 1. The number of aryl methyl sites for hydroxylation is 1. The van der Waals surface area contributed by atoms with E-state index in [1.54, 1.807) is 11.3 Å². The van der Waals surface area contributed by atoms with E-state index in [0.29, 0.717) is 0 Å². The lowest BCUT2D eigenvalue weighted by Gasteiger charge is -2.21. The third-order valence-corrected chi connectivity index (χ3v) is 4.02. The minimum absolute atomic E-state index is 0.237. The van der Waals surface area contributed by atoms with Crippen LogP contribution in [0, 0.1) is 12.8 Å². The van der Waals surface area contributed by atoms with Crippen LogP contribution in [0.2, 0.25) is 0 Å². The van der Waals surface area contributed by atoms with Crippen molar-refractivity contribution in [1.29, 1.82) is 0 Å². The number of nitrogens with zero attached hydrogens (tertiary/aromatic N) is 1. The fourth-order valence-electron chi connectivity index (χ4n) is 1.89. The quantitative estimate of drug-likeness (QED) is 0.769. The number of carbonyl (C=O) groups is 1. The number of carbonyl (C=O) groups excluding carboxylic acids is 1. The van der Waals surface area contributed by atoms with E-state index < -0.39 is 0 Å². The molecule has 2 rings (SSSR count). The van der Waals surface area contributed by atoms with Gasteiger partial charge in [-0.05, 0) is 49.1 Å². The summed E-state index contributed by atoms with van der Waals surface area (Å²) >= 11 is 1.57. The van der Waals surface area contributed by atoms with Crippen molar-refractivity contribution in [2.75, 3.05) is 13.1 Å². The van der Waals surface area contributed by atoms with Crippen molar-refractivity contribution in [1.82, 2.24) is 4.90 Å². The lowest BCUT2D eigenvalue weighted by Crippen LogP contribution is -2.33. The second-order valence-electron chi connectivity index (χ2n) is 4.63. The van der Waals surface area contributed by atoms with Crippen LogP contribution in [0.4, 0.5) is 0 Å². The Morgan fingerprint density at radius 2 is 2.31 bits per heavy atom. The molecule has 1 heterocycles. The van der Waals surface area contributed by atoms with E-state index in [1.807, 2.05) is 23.3 Å². The number of hydrogen-bond donors (Lipinski definition) is 0. The molecule has 1 aliphatic rings. The summed E-state index contributed by atoms with van der Waals surface area (Å²) in [6.45, 7) is 6.01. The molecule has 0 unspecified atom stereocenters. The zero-order valence-corrected chi connectivity index (χ0v) is 10.8. The van der Waals surface area contributed by atoms with Gasteiger partial charge in [-0.25, -0.2) is 0 Å². The van der Waals surface area contributed by atoms with E-state index >= 15 is 0 Å². The van der Waals surface area contributed by atoms with E-state index in [4.69, 9.17) is 0 Å². The smallest absolute Gasteiger partial charge is 0.264 e. The van der Waals surface area contributed by atoms with Gasteiger partial charge in [-0.15, -0.1) is 11.3 Å². The van der Waals surface area contributed by atoms with Gasteiger partial charge in [0.15, 0.2) is 0 Å². The van der Waals surface area contributed by atoms with Crippen molar-refractivity contribution >= 4 is 17.2 Å². The van der Waals surface area contributed by atoms with E-state index in [-0.39, 0.29) is 5.91 Å². The van der Waals surface area contributed by atoms with Gasteiger partial charge in [-0.2, -0.15) is 0 Å². The maximum absolute atomic E-state index is 12.3. The normalized spacial score (nSPS) is 15.1. The highest BCUT2D eigenvalue weighted by Gasteiger charge is 2.27. The van der Waals surface area contributed by atoms with Crippen LogP contribution in [0.25, 0.3) is 0 Å². The highest BCUT2D eigenvalue weighted by atomic mass is 32.1. The average Bonchev–Trinajstić information content (AvgIpc) is 2.98. The van der Waals surface area contributed by atoms with Crippen LogP contribution >= 0.6 is 11.3 Å². The van der Waals surface area contributed by atoms with Gasteiger partial charge in [0.05, 0.1) is 4.88 Å². The molecule has 0 aromatic carbocycles. The summed E-state index contributed by atoms with van der Waals surface area (Å²) in [5.74, 6) is 1.01. The standard InChI is InChI=1S/C13H19NOS/c1-3-7-14(9-11-4-5-11)13(15)12-10(2)6-8-16-12/h6,8,11H,3-5,7,9H2,1-2H3. The minimum Gasteiger partial charge on any atom is -0.338 e. The molecule has 2 nitrogen and oxygen atoms in total. The molecule has 1 fully saturated rings. The first-order valence-corrected chi connectivity index (χ1v) is 6.93.